The number of ether oxygens (including phenoxy) is 4. The molecular formula is C28H53N7O6. The molecule has 5 rings (SSSR count). The van der Waals surface area contributed by atoms with Crippen LogP contribution in [-0.4, -0.2) is 138 Å². The minimum atomic E-state index is -0.634. The summed E-state index contributed by atoms with van der Waals surface area (Å²) in [5.41, 5.74) is 0. The third-order valence-corrected chi connectivity index (χ3v) is 9.67. The maximum absolute atomic E-state index is 13.3. The average Bonchev–Trinajstić information content (AvgIpc) is 3.38. The van der Waals surface area contributed by atoms with Crippen molar-refractivity contribution in [2.24, 2.45) is 11.8 Å². The van der Waals surface area contributed by atoms with Crippen LogP contribution in [0.15, 0.2) is 0 Å². The number of aliphatic hydroxyl groups is 1. The summed E-state index contributed by atoms with van der Waals surface area (Å²) in [6.45, 7) is 7.20. The predicted octanol–water partition coefficient (Wildman–Crippen LogP) is -1.91. The lowest BCUT2D eigenvalue weighted by Gasteiger charge is -2.44. The van der Waals surface area contributed by atoms with Crippen LogP contribution in [0.5, 0.6) is 0 Å². The number of nitrogens with one attached hydrogen (secondary N) is 6. The topological polar surface area (TPSA) is 150 Å². The lowest BCUT2D eigenvalue weighted by Crippen LogP contribution is -2.71. The van der Waals surface area contributed by atoms with Crippen LogP contribution in [0.1, 0.15) is 39.0 Å². The molecule has 0 spiro atoms. The Morgan fingerprint density at radius 3 is 2.73 bits per heavy atom. The van der Waals surface area contributed by atoms with Crippen LogP contribution in [0.2, 0.25) is 0 Å². The first kappa shape index (κ1) is 31.5. The number of piperidine rings is 1. The van der Waals surface area contributed by atoms with E-state index in [0.29, 0.717) is 63.5 Å². The molecule has 41 heavy (non-hydrogen) atoms. The molecule has 5 aliphatic rings. The molecule has 0 aromatic carbocycles. The zero-order valence-corrected chi connectivity index (χ0v) is 25.0. The minimum Gasteiger partial charge on any atom is -0.390 e. The molecule has 1 aliphatic carbocycles. The summed E-state index contributed by atoms with van der Waals surface area (Å²) in [5.74, 6) is 1.05. The lowest BCUT2D eigenvalue weighted by molar-refractivity contribution is -0.126. The molecule has 13 heteroatoms. The number of amides is 1. The largest absolute Gasteiger partial charge is 0.390 e. The average molecular weight is 584 g/mol. The van der Waals surface area contributed by atoms with Crippen molar-refractivity contribution < 1.29 is 28.8 Å². The van der Waals surface area contributed by atoms with Gasteiger partial charge in [-0.05, 0) is 58.0 Å². The molecule has 236 valence electrons. The lowest BCUT2D eigenvalue weighted by atomic mass is 9.72. The van der Waals surface area contributed by atoms with Crippen molar-refractivity contribution in [1.29, 1.82) is 0 Å². The number of hydrogen-bond donors (Lipinski definition) is 7. The van der Waals surface area contributed by atoms with Crippen molar-refractivity contribution in [3.63, 3.8) is 0 Å². The van der Waals surface area contributed by atoms with Gasteiger partial charge < -0.3 is 34.7 Å². The Hall–Kier alpha value is -0.970. The highest BCUT2D eigenvalue weighted by molar-refractivity contribution is 5.82. The molecule has 13 nitrogen and oxygen atoms in total. The molecule has 4 heterocycles. The van der Waals surface area contributed by atoms with E-state index in [1.54, 1.807) is 7.11 Å². The van der Waals surface area contributed by atoms with Crippen LogP contribution in [0.25, 0.3) is 0 Å². The number of fused-ring (bicyclic) bond motifs is 1. The monoisotopic (exact) mass is 583 g/mol. The molecule has 0 bridgehead atoms. The highest BCUT2D eigenvalue weighted by Gasteiger charge is 2.39. The number of carbonyl (C=O) groups is 1. The highest BCUT2D eigenvalue weighted by atomic mass is 16.6. The van der Waals surface area contributed by atoms with Gasteiger partial charge in [0.05, 0.1) is 69.7 Å². The van der Waals surface area contributed by atoms with Gasteiger partial charge in [0.25, 0.3) is 0 Å². The normalized spacial score (nSPS) is 38.8. The first-order valence-corrected chi connectivity index (χ1v) is 15.6. The minimum absolute atomic E-state index is 0.0187. The molecule has 4 saturated heterocycles. The van der Waals surface area contributed by atoms with E-state index in [4.69, 9.17) is 18.9 Å². The number of aliphatic hydroxyl groups excluding tert-OH is 1. The van der Waals surface area contributed by atoms with Crippen LogP contribution in [0, 0.1) is 11.8 Å². The first-order chi connectivity index (χ1) is 19.9. The molecule has 4 aliphatic heterocycles. The molecule has 7 N–H and O–H groups in total. The van der Waals surface area contributed by atoms with Crippen LogP contribution >= 0.6 is 0 Å². The molecular weight excluding hydrogens is 530 g/mol. The summed E-state index contributed by atoms with van der Waals surface area (Å²) >= 11 is 0. The summed E-state index contributed by atoms with van der Waals surface area (Å²) in [7, 11) is 3.69. The van der Waals surface area contributed by atoms with Gasteiger partial charge >= 0.3 is 0 Å². The van der Waals surface area contributed by atoms with E-state index in [-0.39, 0.29) is 49.2 Å². The third kappa shape index (κ3) is 8.57. The molecule has 0 aromatic heterocycles. The number of rotatable bonds is 13. The van der Waals surface area contributed by atoms with Crippen molar-refractivity contribution in [1.82, 2.24) is 36.8 Å². The fraction of sp³-hybridized carbons (Fsp3) is 0.964. The maximum Gasteiger partial charge on any atom is 0.237 e. The second-order valence-electron chi connectivity index (χ2n) is 12.6. The number of carbonyl (C=O) groups excluding carboxylic acids is 1. The van der Waals surface area contributed by atoms with Crippen molar-refractivity contribution in [2.45, 2.75) is 94.0 Å². The van der Waals surface area contributed by atoms with E-state index >= 15 is 0 Å². The van der Waals surface area contributed by atoms with E-state index < -0.39 is 6.10 Å². The van der Waals surface area contributed by atoms with E-state index in [1.165, 1.54) is 0 Å². The van der Waals surface area contributed by atoms with Crippen LogP contribution in [0.3, 0.4) is 0 Å². The Morgan fingerprint density at radius 2 is 2.00 bits per heavy atom. The van der Waals surface area contributed by atoms with Crippen LogP contribution in [-0.2, 0) is 23.7 Å². The Bertz CT molecular complexity index is 825. The Labute approximate surface area is 244 Å². The van der Waals surface area contributed by atoms with Gasteiger partial charge in [-0.2, -0.15) is 0 Å². The molecule has 5 fully saturated rings. The van der Waals surface area contributed by atoms with Crippen molar-refractivity contribution in [3.8, 4) is 0 Å². The van der Waals surface area contributed by atoms with Gasteiger partial charge in [0.1, 0.15) is 6.29 Å². The quantitative estimate of drug-likeness (QED) is 0.130. The molecule has 0 aromatic rings. The molecule has 10 atom stereocenters. The van der Waals surface area contributed by atoms with Crippen LogP contribution in [0.4, 0.5) is 0 Å². The Balaban J connectivity index is 1.05. The van der Waals surface area contributed by atoms with E-state index in [1.807, 2.05) is 7.05 Å². The summed E-state index contributed by atoms with van der Waals surface area (Å²) in [4.78, 5) is 15.4. The predicted molar refractivity (Wildman–Crippen MR) is 153 cm³/mol. The van der Waals surface area contributed by atoms with E-state index in [2.05, 4.69) is 43.7 Å². The highest BCUT2D eigenvalue weighted by Crippen LogP contribution is 2.37. The van der Waals surface area contributed by atoms with Crippen molar-refractivity contribution >= 4 is 5.91 Å². The summed E-state index contributed by atoms with van der Waals surface area (Å²) < 4.78 is 22.5. The SMILES string of the molecule is COCCN(C)C1NC(NC2COC2)CC(C(=O)NC[C@@H](O)[C@@H]2CC3CCC(OCC4OCNC4C)CC3CN2)N1. The Kier molecular flexibility index (Phi) is 11.6. The number of methoxy groups -OCH3 is 1. The van der Waals surface area contributed by atoms with Crippen molar-refractivity contribution in [2.75, 3.05) is 67.0 Å². The Morgan fingerprint density at radius 1 is 1.15 bits per heavy atom. The molecule has 1 amide bonds. The van der Waals surface area contributed by atoms with E-state index in [0.717, 1.165) is 38.8 Å². The standard InChI is InChI=1S/C28H53N7O6/c1-17-25(41-16-31-17)15-40-21-5-4-18-9-22(29-11-19(18)8-21)24(36)12-30-27(37)23-10-26(32-20-13-39-14-20)34-28(33-23)35(2)6-7-38-3/h17-26,28-29,31-34,36H,4-16H2,1-3H3,(H,30,37)/t17?,18?,19?,21?,22-,23?,24+,25?,26?,28?/m0/s1. The van der Waals surface area contributed by atoms with Gasteiger partial charge in [0.15, 0.2) is 0 Å². The maximum atomic E-state index is 13.3. The van der Waals surface area contributed by atoms with Gasteiger partial charge in [0.2, 0.25) is 5.91 Å². The first-order valence-electron chi connectivity index (χ1n) is 15.6. The van der Waals surface area contributed by atoms with Gasteiger partial charge in [-0.1, -0.05) is 0 Å². The second-order valence-corrected chi connectivity index (χ2v) is 12.6. The smallest absolute Gasteiger partial charge is 0.237 e. The number of likely N-dealkylation sites (N-methyl/N-ethyl adjacent to an activating group) is 1. The van der Waals surface area contributed by atoms with E-state index in [9.17, 15) is 9.90 Å². The fourth-order valence-electron chi connectivity index (χ4n) is 6.79. The summed E-state index contributed by atoms with van der Waals surface area (Å²) in [5, 5.41) is 31.5. The molecule has 8 unspecified atom stereocenters. The van der Waals surface area contributed by atoms with Gasteiger partial charge in [-0.3, -0.25) is 31.0 Å². The van der Waals surface area contributed by atoms with Gasteiger partial charge in [0, 0.05) is 38.7 Å². The summed E-state index contributed by atoms with van der Waals surface area (Å²) in [6.07, 6.45) is 4.32. The summed E-state index contributed by atoms with van der Waals surface area (Å²) in [6, 6.07) is 0.227. The third-order valence-electron chi connectivity index (χ3n) is 9.67. The number of hydrogen-bond acceptors (Lipinski definition) is 12. The molecule has 1 saturated carbocycles. The van der Waals surface area contributed by atoms with Gasteiger partial charge in [-0.15, -0.1) is 0 Å². The zero-order valence-electron chi connectivity index (χ0n) is 25.0. The second kappa shape index (κ2) is 15.2. The number of nitrogens with zero attached hydrogens (tertiary/aromatic N) is 1. The van der Waals surface area contributed by atoms with Crippen LogP contribution < -0.4 is 31.9 Å². The molecule has 0 radical (unpaired) electrons. The zero-order chi connectivity index (χ0) is 28.8. The fourth-order valence-corrected chi connectivity index (χ4v) is 6.79. The van der Waals surface area contributed by atoms with Crippen molar-refractivity contribution in [3.05, 3.63) is 0 Å². The van der Waals surface area contributed by atoms with Gasteiger partial charge in [-0.25, -0.2) is 0 Å².